The Morgan fingerprint density at radius 3 is 2.50 bits per heavy atom. The van der Waals surface area contributed by atoms with Crippen LogP contribution < -0.4 is 10.2 Å². The molecule has 1 fully saturated rings. The van der Waals surface area contributed by atoms with Crippen LogP contribution in [-0.2, 0) is 16.8 Å². The average molecular weight is 515 g/mol. The zero-order chi connectivity index (χ0) is 26.4. The normalized spacial score (nSPS) is 15.8. The van der Waals surface area contributed by atoms with E-state index in [4.69, 9.17) is 0 Å². The van der Waals surface area contributed by atoms with Gasteiger partial charge in [0.05, 0.1) is 34.6 Å². The van der Waals surface area contributed by atoms with Gasteiger partial charge in [-0.3, -0.25) is 0 Å². The molecule has 0 aliphatic carbocycles. The van der Waals surface area contributed by atoms with Gasteiger partial charge >= 0.3 is 6.18 Å². The number of rotatable bonds is 7. The number of alkyl halides is 5. The standard InChI is InChI=1S/C23H23F6N5O2/c1-11(14-5-4-6-16(18(14)24)22(25,26)10-36-3)30-21-15-7-17(34-8-13(35)9-34)20(23(27,28)29)31-19(15)12(2)32-33-21/h4-7,11,13,35H,8-10H2,1-3H3,(H,30,33)/t11-/m1/s1. The van der Waals surface area contributed by atoms with E-state index in [9.17, 15) is 27.1 Å². The van der Waals surface area contributed by atoms with Gasteiger partial charge in [0.25, 0.3) is 5.92 Å². The van der Waals surface area contributed by atoms with Gasteiger partial charge in [-0.15, -0.1) is 5.10 Å². The first-order chi connectivity index (χ1) is 16.8. The van der Waals surface area contributed by atoms with Gasteiger partial charge < -0.3 is 20.1 Å². The van der Waals surface area contributed by atoms with Gasteiger partial charge in [-0.2, -0.15) is 27.1 Å². The Morgan fingerprint density at radius 2 is 1.89 bits per heavy atom. The highest BCUT2D eigenvalue weighted by Crippen LogP contribution is 2.40. The maximum atomic E-state index is 15.1. The number of aromatic nitrogens is 3. The van der Waals surface area contributed by atoms with E-state index in [1.807, 2.05) is 0 Å². The van der Waals surface area contributed by atoms with Crippen molar-refractivity contribution in [1.82, 2.24) is 15.2 Å². The quantitative estimate of drug-likeness (QED) is 0.446. The second kappa shape index (κ2) is 9.36. The summed E-state index contributed by atoms with van der Waals surface area (Å²) in [7, 11) is 1.08. The lowest BCUT2D eigenvalue weighted by molar-refractivity contribution is -0.140. The average Bonchev–Trinajstić information content (AvgIpc) is 2.77. The molecule has 0 amide bonds. The second-order valence-electron chi connectivity index (χ2n) is 8.66. The van der Waals surface area contributed by atoms with E-state index in [2.05, 4.69) is 25.2 Å². The molecule has 2 aromatic heterocycles. The monoisotopic (exact) mass is 515 g/mol. The molecule has 1 aliphatic heterocycles. The Morgan fingerprint density at radius 1 is 1.19 bits per heavy atom. The summed E-state index contributed by atoms with van der Waals surface area (Å²) in [6.45, 7) is 1.93. The first-order valence-electron chi connectivity index (χ1n) is 10.9. The lowest BCUT2D eigenvalue weighted by atomic mass is 10.00. The van der Waals surface area contributed by atoms with Gasteiger partial charge in [-0.05, 0) is 26.0 Å². The number of ether oxygens (including phenoxy) is 1. The van der Waals surface area contributed by atoms with Gasteiger partial charge in [0.1, 0.15) is 12.4 Å². The van der Waals surface area contributed by atoms with Crippen LogP contribution >= 0.6 is 0 Å². The number of benzene rings is 1. The van der Waals surface area contributed by atoms with Crippen molar-refractivity contribution in [3.8, 4) is 0 Å². The van der Waals surface area contributed by atoms with Crippen LogP contribution in [0.2, 0.25) is 0 Å². The number of β-amino-alcohol motifs (C(OH)–C–C–N with tert-alkyl or cyclic N) is 1. The molecule has 194 valence electrons. The maximum absolute atomic E-state index is 15.1. The number of hydrogen-bond donors (Lipinski definition) is 2. The second-order valence-corrected chi connectivity index (χ2v) is 8.66. The van der Waals surface area contributed by atoms with Crippen LogP contribution in [0.5, 0.6) is 0 Å². The van der Waals surface area contributed by atoms with Crippen molar-refractivity contribution in [3.63, 3.8) is 0 Å². The summed E-state index contributed by atoms with van der Waals surface area (Å²) in [5.41, 5.74) is -2.25. The number of halogens is 6. The summed E-state index contributed by atoms with van der Waals surface area (Å²) in [6, 6.07) is 3.88. The highest BCUT2D eigenvalue weighted by Gasteiger charge is 2.40. The molecular weight excluding hydrogens is 492 g/mol. The van der Waals surface area contributed by atoms with Crippen molar-refractivity contribution in [2.45, 2.75) is 38.1 Å². The molecule has 1 atom stereocenters. The minimum atomic E-state index is -4.77. The molecule has 1 aliphatic rings. The predicted octanol–water partition coefficient (Wildman–Crippen LogP) is 4.58. The largest absolute Gasteiger partial charge is 0.435 e. The van der Waals surface area contributed by atoms with Crippen LogP contribution in [-0.4, -0.2) is 53.2 Å². The van der Waals surface area contributed by atoms with Crippen molar-refractivity contribution in [1.29, 1.82) is 0 Å². The predicted molar refractivity (Wildman–Crippen MR) is 119 cm³/mol. The van der Waals surface area contributed by atoms with E-state index in [-0.39, 0.29) is 46.8 Å². The summed E-state index contributed by atoms with van der Waals surface area (Å²) in [6.07, 6.45) is -5.53. The fourth-order valence-electron chi connectivity index (χ4n) is 4.10. The molecule has 1 saturated heterocycles. The van der Waals surface area contributed by atoms with Crippen LogP contribution in [0.3, 0.4) is 0 Å². The molecule has 2 N–H and O–H groups in total. The third kappa shape index (κ3) is 4.76. The molecule has 0 saturated carbocycles. The minimum Gasteiger partial charge on any atom is -0.389 e. The van der Waals surface area contributed by atoms with Crippen LogP contribution in [0.4, 0.5) is 37.8 Å². The number of aliphatic hydroxyl groups excluding tert-OH is 1. The van der Waals surface area contributed by atoms with E-state index in [1.54, 1.807) is 0 Å². The van der Waals surface area contributed by atoms with E-state index < -0.39 is 47.9 Å². The molecule has 3 heterocycles. The van der Waals surface area contributed by atoms with Crippen molar-refractivity contribution in [2.24, 2.45) is 0 Å². The Balaban J connectivity index is 1.77. The summed E-state index contributed by atoms with van der Waals surface area (Å²) in [4.78, 5) is 5.16. The van der Waals surface area contributed by atoms with Gasteiger partial charge in [0, 0.05) is 31.1 Å². The van der Waals surface area contributed by atoms with Gasteiger partial charge in [-0.25, -0.2) is 9.37 Å². The van der Waals surface area contributed by atoms with Crippen LogP contribution in [0.15, 0.2) is 24.3 Å². The SMILES string of the molecule is COCC(F)(F)c1cccc([C@@H](C)Nc2nnc(C)c3nc(C(F)(F)F)c(N4CC(O)C4)cc23)c1F. The zero-order valence-corrected chi connectivity index (χ0v) is 19.5. The minimum absolute atomic E-state index is 0.0000937. The molecule has 7 nitrogen and oxygen atoms in total. The van der Waals surface area contributed by atoms with Crippen molar-refractivity contribution in [3.05, 3.63) is 52.6 Å². The number of nitrogens with one attached hydrogen (secondary N) is 1. The fourth-order valence-corrected chi connectivity index (χ4v) is 4.10. The summed E-state index contributed by atoms with van der Waals surface area (Å²) in [5, 5.41) is 20.5. The van der Waals surface area contributed by atoms with Gasteiger partial charge in [-0.1, -0.05) is 12.1 Å². The highest BCUT2D eigenvalue weighted by atomic mass is 19.4. The summed E-state index contributed by atoms with van der Waals surface area (Å²) < 4.78 is 89.6. The van der Waals surface area contributed by atoms with Crippen LogP contribution in [0.1, 0.15) is 35.5 Å². The van der Waals surface area contributed by atoms with Crippen LogP contribution in [0, 0.1) is 12.7 Å². The van der Waals surface area contributed by atoms with E-state index in [1.165, 1.54) is 36.9 Å². The topological polar surface area (TPSA) is 83.4 Å². The Labute approximate surface area is 202 Å². The van der Waals surface area contributed by atoms with Crippen molar-refractivity contribution < 1.29 is 36.2 Å². The zero-order valence-electron chi connectivity index (χ0n) is 19.5. The Hall–Kier alpha value is -3.19. The molecule has 4 rings (SSSR count). The van der Waals surface area contributed by atoms with Crippen molar-refractivity contribution >= 4 is 22.4 Å². The molecule has 0 radical (unpaired) electrons. The lowest BCUT2D eigenvalue weighted by Crippen LogP contribution is -2.51. The van der Waals surface area contributed by atoms with E-state index in [0.29, 0.717) is 0 Å². The number of hydrogen-bond acceptors (Lipinski definition) is 7. The Kier molecular flexibility index (Phi) is 6.73. The third-order valence-electron chi connectivity index (χ3n) is 5.94. The summed E-state index contributed by atoms with van der Waals surface area (Å²) >= 11 is 0. The number of anilines is 2. The molecular formula is C23H23F6N5O2. The number of pyridine rings is 1. The van der Waals surface area contributed by atoms with Gasteiger partial charge in [0.2, 0.25) is 0 Å². The number of fused-ring (bicyclic) bond motifs is 1. The van der Waals surface area contributed by atoms with Crippen LogP contribution in [0.25, 0.3) is 10.9 Å². The van der Waals surface area contributed by atoms with Crippen molar-refractivity contribution in [2.75, 3.05) is 37.0 Å². The molecule has 0 spiro atoms. The molecule has 0 bridgehead atoms. The smallest absolute Gasteiger partial charge is 0.389 e. The lowest BCUT2D eigenvalue weighted by Gasteiger charge is -2.39. The number of aliphatic hydroxyl groups is 1. The maximum Gasteiger partial charge on any atom is 0.435 e. The fraction of sp³-hybridized carbons (Fsp3) is 0.435. The van der Waals surface area contributed by atoms with E-state index >= 15 is 4.39 Å². The third-order valence-corrected chi connectivity index (χ3v) is 5.94. The van der Waals surface area contributed by atoms with Gasteiger partial charge in [0.15, 0.2) is 11.5 Å². The number of aryl methyl sites for hydroxylation is 1. The first kappa shape index (κ1) is 25.9. The molecule has 1 aromatic carbocycles. The molecule has 13 heteroatoms. The molecule has 36 heavy (non-hydrogen) atoms. The Bertz CT molecular complexity index is 1280. The number of nitrogens with zero attached hydrogens (tertiary/aromatic N) is 4. The number of methoxy groups -OCH3 is 1. The highest BCUT2D eigenvalue weighted by molar-refractivity contribution is 5.93. The summed E-state index contributed by atoms with van der Waals surface area (Å²) in [5.74, 6) is -4.71. The molecule has 0 unspecified atom stereocenters. The van der Waals surface area contributed by atoms with E-state index in [0.717, 1.165) is 13.2 Å². The molecule has 3 aromatic rings. The first-order valence-corrected chi connectivity index (χ1v) is 10.9.